The average Bonchev–Trinajstić information content (AvgIpc) is 2.32. The van der Waals surface area contributed by atoms with Gasteiger partial charge in [0.15, 0.2) is 0 Å². The number of nitrogens with zero attached hydrogens (tertiary/aromatic N) is 2. The maximum Gasteiger partial charge on any atom is 0.0564 e. The van der Waals surface area contributed by atoms with Crippen LogP contribution in [-0.2, 0) is 6.54 Å². The van der Waals surface area contributed by atoms with Gasteiger partial charge < -0.3 is 5.43 Å². The van der Waals surface area contributed by atoms with Gasteiger partial charge in [0.25, 0.3) is 0 Å². The van der Waals surface area contributed by atoms with E-state index >= 15 is 0 Å². The van der Waals surface area contributed by atoms with Crippen LogP contribution in [0.2, 0.25) is 0 Å². The third-order valence-corrected chi connectivity index (χ3v) is 3.56. The number of pyridine rings is 1. The van der Waals surface area contributed by atoms with E-state index in [1.807, 2.05) is 18.3 Å². The molecule has 1 saturated carbocycles. The first-order chi connectivity index (χ1) is 8.31. The summed E-state index contributed by atoms with van der Waals surface area (Å²) >= 11 is 0. The van der Waals surface area contributed by atoms with Crippen molar-refractivity contribution in [3.05, 3.63) is 24.0 Å². The highest BCUT2D eigenvalue weighted by molar-refractivity contribution is 5.41. The maximum atomic E-state index is 5.40. The lowest BCUT2D eigenvalue weighted by atomic mass is 9.85. The Bertz CT molecular complexity index is 349. The standard InChI is InChI=1S/C13H22N4/c1-2-17(9-11-4-3-5-11)10-13-8-12(16-14)6-7-15-13/h6-8,11H,2-5,9-10,14H2,1H3,(H,15,16). The van der Waals surface area contributed by atoms with Crippen molar-refractivity contribution >= 4 is 5.69 Å². The Morgan fingerprint density at radius 3 is 2.94 bits per heavy atom. The van der Waals surface area contributed by atoms with Gasteiger partial charge >= 0.3 is 0 Å². The monoisotopic (exact) mass is 234 g/mol. The van der Waals surface area contributed by atoms with E-state index in [9.17, 15) is 0 Å². The SMILES string of the molecule is CCN(Cc1cc(NN)ccn1)CC1CCC1. The van der Waals surface area contributed by atoms with Gasteiger partial charge in [-0.3, -0.25) is 15.7 Å². The van der Waals surface area contributed by atoms with Gasteiger partial charge in [-0.2, -0.15) is 0 Å². The van der Waals surface area contributed by atoms with E-state index < -0.39 is 0 Å². The van der Waals surface area contributed by atoms with Crippen LogP contribution in [-0.4, -0.2) is 23.0 Å². The van der Waals surface area contributed by atoms with Crippen molar-refractivity contribution in [2.24, 2.45) is 11.8 Å². The molecule has 0 aromatic carbocycles. The molecule has 2 rings (SSSR count). The number of hydrogen-bond acceptors (Lipinski definition) is 4. The Balaban J connectivity index is 1.91. The lowest BCUT2D eigenvalue weighted by molar-refractivity contribution is 0.177. The van der Waals surface area contributed by atoms with Crippen molar-refractivity contribution in [2.45, 2.75) is 32.7 Å². The van der Waals surface area contributed by atoms with E-state index in [0.717, 1.165) is 30.4 Å². The summed E-state index contributed by atoms with van der Waals surface area (Å²) in [5.41, 5.74) is 4.67. The summed E-state index contributed by atoms with van der Waals surface area (Å²) in [6, 6.07) is 3.90. The van der Waals surface area contributed by atoms with Gasteiger partial charge in [-0.1, -0.05) is 13.3 Å². The predicted octanol–water partition coefficient (Wildman–Crippen LogP) is 1.99. The minimum Gasteiger partial charge on any atom is -0.324 e. The van der Waals surface area contributed by atoms with Crippen molar-refractivity contribution in [1.82, 2.24) is 9.88 Å². The fourth-order valence-corrected chi connectivity index (χ4v) is 2.23. The third kappa shape index (κ3) is 3.41. The summed E-state index contributed by atoms with van der Waals surface area (Å²) in [5, 5.41) is 0. The molecule has 3 N–H and O–H groups in total. The van der Waals surface area contributed by atoms with Gasteiger partial charge in [0.05, 0.1) is 11.4 Å². The fraction of sp³-hybridized carbons (Fsp3) is 0.615. The number of nitrogens with two attached hydrogens (primary N) is 1. The molecule has 0 bridgehead atoms. The summed E-state index contributed by atoms with van der Waals surface area (Å²) in [5.74, 6) is 6.31. The molecule has 1 aliphatic carbocycles. The number of nitrogens with one attached hydrogen (secondary N) is 1. The van der Waals surface area contributed by atoms with E-state index in [1.54, 1.807) is 0 Å². The molecule has 0 unspecified atom stereocenters. The first-order valence-corrected chi connectivity index (χ1v) is 6.45. The average molecular weight is 234 g/mol. The van der Waals surface area contributed by atoms with Gasteiger partial charge in [0.2, 0.25) is 0 Å². The zero-order valence-corrected chi connectivity index (χ0v) is 10.5. The zero-order chi connectivity index (χ0) is 12.1. The fourth-order valence-electron chi connectivity index (χ4n) is 2.23. The van der Waals surface area contributed by atoms with Crippen LogP contribution in [0, 0.1) is 5.92 Å². The minimum absolute atomic E-state index is 0.908. The molecule has 0 amide bonds. The molecule has 1 aromatic heterocycles. The molecule has 4 nitrogen and oxygen atoms in total. The van der Waals surface area contributed by atoms with Crippen molar-refractivity contribution in [1.29, 1.82) is 0 Å². The summed E-state index contributed by atoms with van der Waals surface area (Å²) < 4.78 is 0. The van der Waals surface area contributed by atoms with Gasteiger partial charge in [-0.25, -0.2) is 0 Å². The van der Waals surface area contributed by atoms with Crippen molar-refractivity contribution < 1.29 is 0 Å². The molecule has 0 atom stereocenters. The molecular formula is C13H22N4. The minimum atomic E-state index is 0.908. The summed E-state index contributed by atoms with van der Waals surface area (Å²) in [4.78, 5) is 6.85. The van der Waals surface area contributed by atoms with Crippen LogP contribution < -0.4 is 11.3 Å². The summed E-state index contributed by atoms with van der Waals surface area (Å²) in [6.45, 7) is 5.42. The first-order valence-electron chi connectivity index (χ1n) is 6.45. The lowest BCUT2D eigenvalue weighted by Crippen LogP contribution is -2.32. The van der Waals surface area contributed by atoms with E-state index in [0.29, 0.717) is 0 Å². The van der Waals surface area contributed by atoms with Crippen molar-refractivity contribution in [2.75, 3.05) is 18.5 Å². The third-order valence-electron chi connectivity index (χ3n) is 3.56. The maximum absolute atomic E-state index is 5.40. The molecule has 0 saturated heterocycles. The highest BCUT2D eigenvalue weighted by Gasteiger charge is 2.20. The van der Waals surface area contributed by atoms with E-state index in [-0.39, 0.29) is 0 Å². The van der Waals surface area contributed by atoms with Gasteiger partial charge in [0.1, 0.15) is 0 Å². The Labute approximate surface area is 103 Å². The molecule has 0 spiro atoms. The van der Waals surface area contributed by atoms with Crippen molar-refractivity contribution in [3.8, 4) is 0 Å². The number of nitrogen functional groups attached to an aromatic ring is 1. The molecular weight excluding hydrogens is 212 g/mol. The molecule has 0 aliphatic heterocycles. The molecule has 1 aliphatic rings. The number of hydrogen-bond donors (Lipinski definition) is 2. The molecule has 1 heterocycles. The normalized spacial score (nSPS) is 15.9. The van der Waals surface area contributed by atoms with Crippen LogP contribution in [0.4, 0.5) is 5.69 Å². The summed E-state index contributed by atoms with van der Waals surface area (Å²) in [7, 11) is 0. The summed E-state index contributed by atoms with van der Waals surface area (Å²) in [6.07, 6.45) is 6.01. The zero-order valence-electron chi connectivity index (χ0n) is 10.5. The molecule has 1 fully saturated rings. The predicted molar refractivity (Wildman–Crippen MR) is 70.3 cm³/mol. The van der Waals surface area contributed by atoms with Crippen molar-refractivity contribution in [3.63, 3.8) is 0 Å². The van der Waals surface area contributed by atoms with Gasteiger partial charge in [-0.15, -0.1) is 0 Å². The first kappa shape index (κ1) is 12.3. The number of aromatic nitrogens is 1. The molecule has 1 aromatic rings. The van der Waals surface area contributed by atoms with Crippen LogP contribution >= 0.6 is 0 Å². The topological polar surface area (TPSA) is 54.2 Å². The van der Waals surface area contributed by atoms with Crippen LogP contribution in [0.1, 0.15) is 31.9 Å². The number of hydrazine groups is 1. The van der Waals surface area contributed by atoms with E-state index in [4.69, 9.17) is 5.84 Å². The van der Waals surface area contributed by atoms with E-state index in [2.05, 4.69) is 22.2 Å². The number of rotatable bonds is 6. The second-order valence-corrected chi connectivity index (χ2v) is 4.80. The Hall–Kier alpha value is -1.13. The van der Waals surface area contributed by atoms with E-state index in [1.165, 1.54) is 25.8 Å². The van der Waals surface area contributed by atoms with Crippen LogP contribution in [0.3, 0.4) is 0 Å². The smallest absolute Gasteiger partial charge is 0.0564 e. The molecule has 0 radical (unpaired) electrons. The molecule has 17 heavy (non-hydrogen) atoms. The highest BCUT2D eigenvalue weighted by Crippen LogP contribution is 2.27. The Morgan fingerprint density at radius 2 is 2.35 bits per heavy atom. The van der Waals surface area contributed by atoms with Crippen LogP contribution in [0.5, 0.6) is 0 Å². The van der Waals surface area contributed by atoms with Gasteiger partial charge in [-0.05, 0) is 37.4 Å². The second-order valence-electron chi connectivity index (χ2n) is 4.80. The second kappa shape index (κ2) is 5.98. The largest absolute Gasteiger partial charge is 0.324 e. The quantitative estimate of drug-likeness (QED) is 0.584. The molecule has 4 heteroatoms. The molecule has 94 valence electrons. The highest BCUT2D eigenvalue weighted by atomic mass is 15.2. The Kier molecular flexibility index (Phi) is 4.34. The van der Waals surface area contributed by atoms with Crippen LogP contribution in [0.15, 0.2) is 18.3 Å². The van der Waals surface area contributed by atoms with Gasteiger partial charge in [0, 0.05) is 19.3 Å². The Morgan fingerprint density at radius 1 is 1.53 bits per heavy atom. The lowest BCUT2D eigenvalue weighted by Gasteiger charge is -2.31. The van der Waals surface area contributed by atoms with Crippen LogP contribution in [0.25, 0.3) is 0 Å². The number of anilines is 1.